The molecule has 0 radical (unpaired) electrons. The highest BCUT2D eigenvalue weighted by atomic mass is 16.5. The molecule has 16 heavy (non-hydrogen) atoms. The molecule has 86 valence electrons. The highest BCUT2D eigenvalue weighted by Gasteiger charge is 2.01. The van der Waals surface area contributed by atoms with Gasteiger partial charge in [0.2, 0.25) is 0 Å². The van der Waals surface area contributed by atoms with Crippen LogP contribution in [0.4, 0.5) is 0 Å². The fourth-order valence-electron chi connectivity index (χ4n) is 1.04. The minimum atomic E-state index is -0.298. The molecule has 0 spiro atoms. The zero-order valence-electron chi connectivity index (χ0n) is 8.68. The molecule has 0 aliphatic heterocycles. The summed E-state index contributed by atoms with van der Waals surface area (Å²) in [7, 11) is 0. The highest BCUT2D eigenvalue weighted by molar-refractivity contribution is 5.77. The SMILES string of the molecule is O=Cc1ccc(OCC(=O)NCCO)cc1. The predicted molar refractivity (Wildman–Crippen MR) is 57.4 cm³/mol. The van der Waals surface area contributed by atoms with Crippen LogP contribution in [0.5, 0.6) is 5.75 Å². The lowest BCUT2D eigenvalue weighted by molar-refractivity contribution is -0.123. The van der Waals surface area contributed by atoms with E-state index in [4.69, 9.17) is 9.84 Å². The number of aliphatic hydroxyl groups excluding tert-OH is 1. The van der Waals surface area contributed by atoms with Crippen LogP contribution in [0.3, 0.4) is 0 Å². The summed E-state index contributed by atoms with van der Waals surface area (Å²) in [4.78, 5) is 21.5. The first-order valence-corrected chi connectivity index (χ1v) is 4.82. The Morgan fingerprint density at radius 3 is 2.62 bits per heavy atom. The van der Waals surface area contributed by atoms with Crippen molar-refractivity contribution in [2.24, 2.45) is 0 Å². The summed E-state index contributed by atoms with van der Waals surface area (Å²) < 4.78 is 5.15. The van der Waals surface area contributed by atoms with E-state index in [1.165, 1.54) is 0 Å². The molecule has 5 nitrogen and oxygen atoms in total. The van der Waals surface area contributed by atoms with Crippen molar-refractivity contribution in [3.63, 3.8) is 0 Å². The second-order valence-corrected chi connectivity index (χ2v) is 3.05. The maximum absolute atomic E-state index is 11.1. The molecular formula is C11H13NO4. The topological polar surface area (TPSA) is 75.6 Å². The second kappa shape index (κ2) is 6.58. The summed E-state index contributed by atoms with van der Waals surface area (Å²) in [6.07, 6.45) is 0.734. The maximum Gasteiger partial charge on any atom is 0.258 e. The Bertz CT molecular complexity index is 348. The van der Waals surface area contributed by atoms with Gasteiger partial charge in [0.05, 0.1) is 6.61 Å². The number of carbonyl (C=O) groups is 2. The van der Waals surface area contributed by atoms with E-state index in [0.29, 0.717) is 11.3 Å². The third-order valence-electron chi connectivity index (χ3n) is 1.82. The molecule has 1 aromatic carbocycles. The summed E-state index contributed by atoms with van der Waals surface area (Å²) in [6.45, 7) is 0.00643. The molecule has 0 aliphatic carbocycles. The van der Waals surface area contributed by atoms with E-state index in [1.807, 2.05) is 0 Å². The average molecular weight is 223 g/mol. The number of benzene rings is 1. The zero-order chi connectivity index (χ0) is 11.8. The molecule has 1 aromatic rings. The van der Waals surface area contributed by atoms with Crippen LogP contribution >= 0.6 is 0 Å². The van der Waals surface area contributed by atoms with Gasteiger partial charge in [-0.2, -0.15) is 0 Å². The predicted octanol–water partition coefficient (Wildman–Crippen LogP) is -0.0136. The van der Waals surface area contributed by atoms with Gasteiger partial charge < -0.3 is 15.2 Å². The summed E-state index contributed by atoms with van der Waals surface area (Å²) in [5.41, 5.74) is 0.553. The summed E-state index contributed by atoms with van der Waals surface area (Å²) in [5.74, 6) is 0.221. The lowest BCUT2D eigenvalue weighted by Gasteiger charge is -2.06. The number of rotatable bonds is 6. The van der Waals surface area contributed by atoms with Gasteiger partial charge in [0.25, 0.3) is 5.91 Å². The summed E-state index contributed by atoms with van der Waals surface area (Å²) >= 11 is 0. The van der Waals surface area contributed by atoms with Crippen LogP contribution < -0.4 is 10.1 Å². The third kappa shape index (κ3) is 4.10. The number of hydrogen-bond donors (Lipinski definition) is 2. The van der Waals surface area contributed by atoms with Crippen LogP contribution in [0.2, 0.25) is 0 Å². The largest absolute Gasteiger partial charge is 0.484 e. The standard InChI is InChI=1S/C11H13NO4/c13-6-5-12-11(15)8-16-10-3-1-9(7-14)2-4-10/h1-4,7,13H,5-6,8H2,(H,12,15). The Balaban J connectivity index is 2.36. The Kier molecular flexibility index (Phi) is 5.01. The minimum Gasteiger partial charge on any atom is -0.484 e. The van der Waals surface area contributed by atoms with Gasteiger partial charge in [0, 0.05) is 12.1 Å². The van der Waals surface area contributed by atoms with E-state index in [2.05, 4.69) is 5.32 Å². The molecular weight excluding hydrogens is 210 g/mol. The molecule has 2 N–H and O–H groups in total. The van der Waals surface area contributed by atoms with Crippen molar-refractivity contribution in [3.8, 4) is 5.75 Å². The number of aliphatic hydroxyl groups is 1. The quantitative estimate of drug-likeness (QED) is 0.665. The van der Waals surface area contributed by atoms with Crippen molar-refractivity contribution in [3.05, 3.63) is 29.8 Å². The van der Waals surface area contributed by atoms with E-state index in [1.54, 1.807) is 24.3 Å². The highest BCUT2D eigenvalue weighted by Crippen LogP contribution is 2.10. The number of ether oxygens (including phenoxy) is 1. The van der Waals surface area contributed by atoms with E-state index in [-0.39, 0.29) is 25.7 Å². The molecule has 0 unspecified atom stereocenters. The van der Waals surface area contributed by atoms with Crippen LogP contribution in [0, 0.1) is 0 Å². The third-order valence-corrected chi connectivity index (χ3v) is 1.82. The molecule has 0 heterocycles. The van der Waals surface area contributed by atoms with Crippen LogP contribution in [0.1, 0.15) is 10.4 Å². The van der Waals surface area contributed by atoms with Crippen molar-refractivity contribution < 1.29 is 19.4 Å². The van der Waals surface area contributed by atoms with Crippen molar-refractivity contribution >= 4 is 12.2 Å². The molecule has 1 amide bonds. The molecule has 0 saturated heterocycles. The first-order valence-electron chi connectivity index (χ1n) is 4.82. The van der Waals surface area contributed by atoms with E-state index in [0.717, 1.165) is 6.29 Å². The number of carbonyl (C=O) groups excluding carboxylic acids is 2. The first kappa shape index (κ1) is 12.2. The zero-order valence-corrected chi connectivity index (χ0v) is 8.68. The number of hydrogen-bond acceptors (Lipinski definition) is 4. The molecule has 0 fully saturated rings. The lowest BCUT2D eigenvalue weighted by Crippen LogP contribution is -2.31. The van der Waals surface area contributed by atoms with Crippen molar-refractivity contribution in [2.45, 2.75) is 0 Å². The van der Waals surface area contributed by atoms with Crippen molar-refractivity contribution in [2.75, 3.05) is 19.8 Å². The van der Waals surface area contributed by atoms with Gasteiger partial charge in [-0.25, -0.2) is 0 Å². The average Bonchev–Trinajstić information content (AvgIpc) is 2.34. The Morgan fingerprint density at radius 2 is 2.06 bits per heavy atom. The summed E-state index contributed by atoms with van der Waals surface area (Å²) in [5, 5.41) is 10.9. The van der Waals surface area contributed by atoms with E-state index in [9.17, 15) is 9.59 Å². The second-order valence-electron chi connectivity index (χ2n) is 3.05. The van der Waals surface area contributed by atoms with Crippen LogP contribution in [-0.2, 0) is 4.79 Å². The Morgan fingerprint density at radius 1 is 1.38 bits per heavy atom. The van der Waals surface area contributed by atoms with Gasteiger partial charge in [0.1, 0.15) is 12.0 Å². The fraction of sp³-hybridized carbons (Fsp3) is 0.273. The Labute approximate surface area is 93.0 Å². The van der Waals surface area contributed by atoms with Crippen LogP contribution in [0.25, 0.3) is 0 Å². The number of nitrogens with one attached hydrogen (secondary N) is 1. The van der Waals surface area contributed by atoms with E-state index >= 15 is 0 Å². The van der Waals surface area contributed by atoms with Crippen molar-refractivity contribution in [1.29, 1.82) is 0 Å². The molecule has 0 atom stereocenters. The molecule has 0 aliphatic rings. The smallest absolute Gasteiger partial charge is 0.258 e. The lowest BCUT2D eigenvalue weighted by atomic mass is 10.2. The van der Waals surface area contributed by atoms with Gasteiger partial charge >= 0.3 is 0 Å². The van der Waals surface area contributed by atoms with Gasteiger partial charge in [-0.15, -0.1) is 0 Å². The molecule has 0 bridgehead atoms. The van der Waals surface area contributed by atoms with Gasteiger partial charge in [-0.05, 0) is 24.3 Å². The minimum absolute atomic E-state index is 0.0974. The fourth-order valence-corrected chi connectivity index (χ4v) is 1.04. The van der Waals surface area contributed by atoms with Crippen molar-refractivity contribution in [1.82, 2.24) is 5.32 Å². The number of aldehydes is 1. The monoisotopic (exact) mass is 223 g/mol. The molecule has 0 saturated carbocycles. The first-order chi connectivity index (χ1) is 7.76. The molecule has 1 rings (SSSR count). The molecule has 5 heteroatoms. The Hall–Kier alpha value is -1.88. The normalized spacial score (nSPS) is 9.56. The van der Waals surface area contributed by atoms with Gasteiger partial charge in [-0.1, -0.05) is 0 Å². The summed E-state index contributed by atoms with van der Waals surface area (Å²) in [6, 6.07) is 6.44. The van der Waals surface area contributed by atoms with Crippen LogP contribution in [0.15, 0.2) is 24.3 Å². The van der Waals surface area contributed by atoms with Gasteiger partial charge in [-0.3, -0.25) is 9.59 Å². The van der Waals surface area contributed by atoms with Crippen LogP contribution in [-0.4, -0.2) is 37.1 Å². The van der Waals surface area contributed by atoms with Gasteiger partial charge in [0.15, 0.2) is 6.61 Å². The maximum atomic E-state index is 11.1. The van der Waals surface area contributed by atoms with E-state index < -0.39 is 0 Å². The molecule has 0 aromatic heterocycles. The number of amides is 1.